The Morgan fingerprint density at radius 2 is 2.28 bits per heavy atom. The van der Waals surface area contributed by atoms with E-state index < -0.39 is 0 Å². The van der Waals surface area contributed by atoms with E-state index in [2.05, 4.69) is 60.7 Å². The summed E-state index contributed by atoms with van der Waals surface area (Å²) >= 11 is 5.83. The number of nitrogens with two attached hydrogens (primary N) is 1. The van der Waals surface area contributed by atoms with Crippen LogP contribution in [0.1, 0.15) is 24.4 Å². The first-order valence-electron chi connectivity index (χ1n) is 5.69. The maximum atomic E-state index is 6.27. The van der Waals surface area contributed by atoms with Gasteiger partial charge in [0, 0.05) is 27.1 Å². The van der Waals surface area contributed by atoms with Gasteiger partial charge >= 0.3 is 0 Å². The molecule has 0 amide bonds. The molecule has 0 aliphatic heterocycles. The average Bonchev–Trinajstić information content (AvgIpc) is 2.79. The molecule has 0 fully saturated rings. The smallest absolute Gasteiger partial charge is 0.138 e. The molecule has 0 bridgehead atoms. The van der Waals surface area contributed by atoms with Gasteiger partial charge in [0.2, 0.25) is 0 Å². The van der Waals surface area contributed by atoms with E-state index in [1.807, 2.05) is 17.7 Å². The predicted molar refractivity (Wildman–Crippen MR) is 83.2 cm³/mol. The van der Waals surface area contributed by atoms with Gasteiger partial charge in [0.25, 0.3) is 0 Å². The van der Waals surface area contributed by atoms with E-state index in [9.17, 15) is 0 Å². The molecule has 0 saturated carbocycles. The number of rotatable bonds is 4. The molecule has 2 aromatic rings. The maximum Gasteiger partial charge on any atom is 0.138 e. The van der Waals surface area contributed by atoms with Crippen LogP contribution in [-0.4, -0.2) is 14.8 Å². The third kappa shape index (κ3) is 3.10. The maximum absolute atomic E-state index is 6.27. The van der Waals surface area contributed by atoms with Crippen LogP contribution in [0.2, 0.25) is 0 Å². The molecule has 1 unspecified atom stereocenters. The van der Waals surface area contributed by atoms with Crippen molar-refractivity contribution >= 4 is 38.5 Å². The minimum atomic E-state index is -0.0800. The Labute approximate surface area is 128 Å². The number of hydrogen-bond acceptors (Lipinski definition) is 3. The highest BCUT2D eigenvalue weighted by atomic mass is 127. The highest BCUT2D eigenvalue weighted by molar-refractivity contribution is 14.1. The summed E-state index contributed by atoms with van der Waals surface area (Å²) in [6, 6.07) is 6.10. The Morgan fingerprint density at radius 3 is 3.00 bits per heavy atom. The number of halogens is 2. The number of aromatic nitrogens is 3. The van der Waals surface area contributed by atoms with Crippen LogP contribution in [0.5, 0.6) is 0 Å². The predicted octanol–water partition coefficient (Wildman–Crippen LogP) is 2.91. The fraction of sp³-hybridized carbons (Fsp3) is 0.333. The molecule has 1 aromatic carbocycles. The lowest BCUT2D eigenvalue weighted by Crippen LogP contribution is -2.17. The number of benzene rings is 1. The molecule has 96 valence electrons. The highest BCUT2D eigenvalue weighted by Crippen LogP contribution is 2.26. The van der Waals surface area contributed by atoms with Crippen LogP contribution < -0.4 is 5.73 Å². The molecule has 1 atom stereocenters. The van der Waals surface area contributed by atoms with Crippen LogP contribution in [-0.2, 0) is 13.0 Å². The largest absolute Gasteiger partial charge is 0.324 e. The zero-order valence-electron chi connectivity index (χ0n) is 9.98. The lowest BCUT2D eigenvalue weighted by molar-refractivity contribution is 0.580. The van der Waals surface area contributed by atoms with E-state index in [1.165, 1.54) is 3.57 Å². The first-order valence-corrected chi connectivity index (χ1v) is 7.56. The summed E-state index contributed by atoms with van der Waals surface area (Å²) in [5.41, 5.74) is 7.37. The summed E-state index contributed by atoms with van der Waals surface area (Å²) in [4.78, 5) is 4.26. The number of aryl methyl sites for hydroxylation is 1. The second kappa shape index (κ2) is 6.12. The quantitative estimate of drug-likeness (QED) is 0.773. The zero-order chi connectivity index (χ0) is 13.1. The first-order chi connectivity index (χ1) is 8.61. The summed E-state index contributed by atoms with van der Waals surface area (Å²) < 4.78 is 4.10. The second-order valence-electron chi connectivity index (χ2n) is 3.97. The van der Waals surface area contributed by atoms with Crippen molar-refractivity contribution in [3.63, 3.8) is 0 Å². The monoisotopic (exact) mass is 420 g/mol. The minimum absolute atomic E-state index is 0.0800. The number of nitrogens with zero attached hydrogens (tertiary/aromatic N) is 3. The molecule has 4 nitrogen and oxygen atoms in total. The van der Waals surface area contributed by atoms with Crippen LogP contribution >= 0.6 is 38.5 Å². The van der Waals surface area contributed by atoms with E-state index >= 15 is 0 Å². The van der Waals surface area contributed by atoms with Crippen molar-refractivity contribution in [2.24, 2.45) is 5.73 Å². The first kappa shape index (κ1) is 14.0. The summed E-state index contributed by atoms with van der Waals surface area (Å²) in [5, 5.41) is 4.16. The van der Waals surface area contributed by atoms with Crippen LogP contribution in [0.3, 0.4) is 0 Å². The van der Waals surface area contributed by atoms with E-state index in [0.717, 1.165) is 22.4 Å². The zero-order valence-corrected chi connectivity index (χ0v) is 13.7. The van der Waals surface area contributed by atoms with Gasteiger partial charge in [-0.2, -0.15) is 5.10 Å². The third-order valence-electron chi connectivity index (χ3n) is 2.76. The van der Waals surface area contributed by atoms with Crippen molar-refractivity contribution in [1.82, 2.24) is 14.8 Å². The van der Waals surface area contributed by atoms with Crippen LogP contribution in [0, 0.1) is 3.57 Å². The van der Waals surface area contributed by atoms with Gasteiger partial charge in [-0.3, -0.25) is 4.68 Å². The molecular weight excluding hydrogens is 407 g/mol. The molecule has 6 heteroatoms. The molecule has 0 aliphatic carbocycles. The Balaban J connectivity index is 2.21. The summed E-state index contributed by atoms with van der Waals surface area (Å²) in [6.07, 6.45) is 2.27. The van der Waals surface area contributed by atoms with E-state index in [-0.39, 0.29) is 6.04 Å². The minimum Gasteiger partial charge on any atom is -0.324 e. The summed E-state index contributed by atoms with van der Waals surface area (Å²) in [7, 11) is 0. The molecule has 0 saturated heterocycles. The molecule has 18 heavy (non-hydrogen) atoms. The lowest BCUT2D eigenvalue weighted by atomic mass is 10.0. The average molecular weight is 421 g/mol. The Kier molecular flexibility index (Phi) is 4.74. The molecule has 0 radical (unpaired) electrons. The van der Waals surface area contributed by atoms with Gasteiger partial charge in [0.1, 0.15) is 12.2 Å². The van der Waals surface area contributed by atoms with Crippen molar-refractivity contribution in [3.05, 3.63) is 44.0 Å². The molecule has 0 aliphatic rings. The van der Waals surface area contributed by atoms with Crippen LogP contribution in [0.15, 0.2) is 29.0 Å². The Morgan fingerprint density at radius 1 is 1.50 bits per heavy atom. The molecule has 2 rings (SSSR count). The van der Waals surface area contributed by atoms with Gasteiger partial charge in [0.05, 0.1) is 0 Å². The van der Waals surface area contributed by atoms with Crippen LogP contribution in [0.4, 0.5) is 0 Å². The SMILES string of the molecule is CCn1ncnc1CC(N)c1cc(I)ccc1Br. The second-order valence-corrected chi connectivity index (χ2v) is 6.07. The summed E-state index contributed by atoms with van der Waals surface area (Å²) in [6.45, 7) is 2.86. The van der Waals surface area contributed by atoms with Crippen molar-refractivity contribution in [3.8, 4) is 0 Å². The molecule has 2 N–H and O–H groups in total. The Hall–Kier alpha value is -0.470. The van der Waals surface area contributed by atoms with E-state index in [0.29, 0.717) is 6.42 Å². The normalized spacial score (nSPS) is 12.7. The van der Waals surface area contributed by atoms with Gasteiger partial charge < -0.3 is 5.73 Å². The van der Waals surface area contributed by atoms with Gasteiger partial charge in [-0.25, -0.2) is 4.98 Å². The molecule has 1 aromatic heterocycles. The van der Waals surface area contributed by atoms with E-state index in [1.54, 1.807) is 6.33 Å². The highest BCUT2D eigenvalue weighted by Gasteiger charge is 2.14. The van der Waals surface area contributed by atoms with Crippen molar-refractivity contribution in [2.45, 2.75) is 25.9 Å². The van der Waals surface area contributed by atoms with Crippen LogP contribution in [0.25, 0.3) is 0 Å². The van der Waals surface area contributed by atoms with E-state index in [4.69, 9.17) is 5.73 Å². The fourth-order valence-electron chi connectivity index (χ4n) is 1.82. The lowest BCUT2D eigenvalue weighted by Gasteiger charge is -2.14. The topological polar surface area (TPSA) is 56.7 Å². The van der Waals surface area contributed by atoms with Crippen molar-refractivity contribution < 1.29 is 0 Å². The van der Waals surface area contributed by atoms with Gasteiger partial charge in [-0.1, -0.05) is 15.9 Å². The summed E-state index contributed by atoms with van der Waals surface area (Å²) in [5.74, 6) is 0.927. The van der Waals surface area contributed by atoms with Gasteiger partial charge in [-0.05, 0) is 53.3 Å². The van der Waals surface area contributed by atoms with Crippen molar-refractivity contribution in [2.75, 3.05) is 0 Å². The third-order valence-corrected chi connectivity index (χ3v) is 4.15. The fourth-order valence-corrected chi connectivity index (χ4v) is 2.87. The molecule has 0 spiro atoms. The van der Waals surface area contributed by atoms with Gasteiger partial charge in [-0.15, -0.1) is 0 Å². The van der Waals surface area contributed by atoms with Gasteiger partial charge in [0.15, 0.2) is 0 Å². The standard InChI is InChI=1S/C12H14BrIN4/c1-2-18-12(16-7-17-18)6-11(15)9-5-8(14)3-4-10(9)13/h3-5,7,11H,2,6,15H2,1H3. The Bertz CT molecular complexity index is 541. The molecular formula is C12H14BrIN4. The van der Waals surface area contributed by atoms with Crippen molar-refractivity contribution in [1.29, 1.82) is 0 Å². The molecule has 1 heterocycles. The number of hydrogen-bond donors (Lipinski definition) is 1.